The van der Waals surface area contributed by atoms with Gasteiger partial charge < -0.3 is 29.7 Å². The van der Waals surface area contributed by atoms with E-state index in [0.717, 1.165) is 38.0 Å². The van der Waals surface area contributed by atoms with Gasteiger partial charge in [0.05, 0.1) is 25.9 Å². The number of allylic oxidation sites excluding steroid dienone is 6. The van der Waals surface area contributed by atoms with Crippen molar-refractivity contribution in [3.05, 3.63) is 48.6 Å². The third-order valence-electron chi connectivity index (χ3n) is 8.49. The zero-order chi connectivity index (χ0) is 40.1. The molecule has 0 spiro atoms. The molecule has 12 heteroatoms. The second kappa shape index (κ2) is 36.5. The lowest BCUT2D eigenvalue weighted by Gasteiger charge is -2.20. The van der Waals surface area contributed by atoms with Crippen LogP contribution in [0.3, 0.4) is 0 Å². The van der Waals surface area contributed by atoms with Crippen LogP contribution in [0.4, 0.5) is 0 Å². The maximum absolute atomic E-state index is 12.6. The number of aliphatic hydroxyl groups is 3. The number of phosphoric ester groups is 1. The van der Waals surface area contributed by atoms with Crippen LogP contribution in [0.1, 0.15) is 156 Å². The van der Waals surface area contributed by atoms with Crippen LogP contribution in [0.25, 0.3) is 0 Å². The summed E-state index contributed by atoms with van der Waals surface area (Å²) in [5.74, 6) is -0.282. The fourth-order valence-electron chi connectivity index (χ4n) is 5.25. The molecule has 0 saturated carbocycles. The molecule has 0 amide bonds. The Hall–Kier alpha value is -2.11. The van der Waals surface area contributed by atoms with Gasteiger partial charge in [0, 0.05) is 12.8 Å². The minimum absolute atomic E-state index is 0.106. The molecular weight excluding hydrogens is 711 g/mol. The van der Waals surface area contributed by atoms with Gasteiger partial charge in [0.1, 0.15) is 12.7 Å². The van der Waals surface area contributed by atoms with E-state index in [0.29, 0.717) is 25.7 Å². The molecule has 314 valence electrons. The van der Waals surface area contributed by atoms with Crippen molar-refractivity contribution in [3.63, 3.8) is 0 Å². The zero-order valence-electron chi connectivity index (χ0n) is 33.7. The number of esters is 2. The van der Waals surface area contributed by atoms with Crippen molar-refractivity contribution in [1.29, 1.82) is 0 Å². The molecule has 4 atom stereocenters. The molecule has 0 aliphatic carbocycles. The number of carbonyl (C=O) groups is 2. The molecule has 0 aliphatic heterocycles. The number of hydrogen-bond donors (Lipinski definition) is 4. The Labute approximate surface area is 326 Å². The summed E-state index contributed by atoms with van der Waals surface area (Å²) in [6.07, 6.45) is 32.6. The SMILES string of the molecule is CCCCC/C=C\C/C=C\CC(O)/C=C\C=C\CCCC(=O)OC[C@H](COP(=O)(O)OC[C@@H](O)CO)OC(=O)CCCCCCCCCCCCC(C)C. The normalized spacial score (nSPS) is 15.1. The minimum Gasteiger partial charge on any atom is -0.462 e. The summed E-state index contributed by atoms with van der Waals surface area (Å²) >= 11 is 0. The van der Waals surface area contributed by atoms with E-state index in [1.54, 1.807) is 12.2 Å². The highest BCUT2D eigenvalue weighted by atomic mass is 31.2. The lowest BCUT2D eigenvalue weighted by molar-refractivity contribution is -0.161. The Kier molecular flexibility index (Phi) is 35.1. The fourth-order valence-corrected chi connectivity index (χ4v) is 6.04. The van der Waals surface area contributed by atoms with Crippen LogP contribution in [0.2, 0.25) is 0 Å². The standard InChI is InChI=1S/C42H75O11P/c1-4-5-6-7-8-11-15-19-24-29-38(44)30-25-20-17-22-26-31-41(46)50-35-40(36-52-54(48,49)51-34-39(45)33-43)53-42(47)32-27-21-16-13-10-9-12-14-18-23-28-37(2)3/h8,11,17,19-20,24-25,30,37-40,43-45H,4-7,9-10,12-16,18,21-23,26-29,31-36H2,1-3H3,(H,48,49)/b11-8-,20-17+,24-19-,30-25-/t38?,39-,40+/m0/s1. The number of carbonyl (C=O) groups excluding carboxylic acids is 2. The van der Waals surface area contributed by atoms with Gasteiger partial charge in [0.15, 0.2) is 6.10 Å². The summed E-state index contributed by atoms with van der Waals surface area (Å²) in [7, 11) is -4.65. The second-order valence-corrected chi connectivity index (χ2v) is 15.8. The van der Waals surface area contributed by atoms with Gasteiger partial charge in [-0.1, -0.05) is 146 Å². The van der Waals surface area contributed by atoms with Crippen LogP contribution >= 0.6 is 7.82 Å². The maximum atomic E-state index is 12.6. The van der Waals surface area contributed by atoms with Gasteiger partial charge in [-0.05, 0) is 50.9 Å². The van der Waals surface area contributed by atoms with Gasteiger partial charge in [-0.3, -0.25) is 18.6 Å². The van der Waals surface area contributed by atoms with Crippen molar-refractivity contribution in [1.82, 2.24) is 0 Å². The monoisotopic (exact) mass is 787 g/mol. The highest BCUT2D eigenvalue weighted by Gasteiger charge is 2.27. The van der Waals surface area contributed by atoms with Crippen molar-refractivity contribution in [2.45, 2.75) is 174 Å². The quantitative estimate of drug-likeness (QED) is 0.0156. The van der Waals surface area contributed by atoms with E-state index in [1.165, 1.54) is 64.2 Å². The molecule has 4 N–H and O–H groups in total. The summed E-state index contributed by atoms with van der Waals surface area (Å²) in [5.41, 5.74) is 0. The third kappa shape index (κ3) is 36.8. The first kappa shape index (κ1) is 51.9. The zero-order valence-corrected chi connectivity index (χ0v) is 34.6. The number of hydrogen-bond acceptors (Lipinski definition) is 10. The molecule has 54 heavy (non-hydrogen) atoms. The maximum Gasteiger partial charge on any atom is 0.472 e. The van der Waals surface area contributed by atoms with Crippen LogP contribution in [0, 0.1) is 5.92 Å². The van der Waals surface area contributed by atoms with Crippen molar-refractivity contribution in [2.24, 2.45) is 5.92 Å². The summed E-state index contributed by atoms with van der Waals surface area (Å²) in [4.78, 5) is 34.9. The fraction of sp³-hybridized carbons (Fsp3) is 0.762. The lowest BCUT2D eigenvalue weighted by atomic mass is 10.0. The molecule has 0 fully saturated rings. The molecule has 11 nitrogen and oxygen atoms in total. The number of aliphatic hydroxyl groups excluding tert-OH is 3. The Balaban J connectivity index is 4.51. The topological polar surface area (TPSA) is 169 Å². The van der Waals surface area contributed by atoms with Gasteiger partial charge in [-0.25, -0.2) is 4.57 Å². The van der Waals surface area contributed by atoms with E-state index in [4.69, 9.17) is 19.1 Å². The minimum atomic E-state index is -4.65. The van der Waals surface area contributed by atoms with Crippen LogP contribution in [-0.4, -0.2) is 76.9 Å². The molecule has 0 aliphatic rings. The summed E-state index contributed by atoms with van der Waals surface area (Å²) < 4.78 is 32.5. The third-order valence-corrected chi connectivity index (χ3v) is 9.45. The molecule has 0 saturated heterocycles. The second-order valence-electron chi connectivity index (χ2n) is 14.3. The van der Waals surface area contributed by atoms with Crippen molar-refractivity contribution in [3.8, 4) is 0 Å². The van der Waals surface area contributed by atoms with Gasteiger partial charge >= 0.3 is 19.8 Å². The van der Waals surface area contributed by atoms with E-state index in [2.05, 4.69) is 43.5 Å². The summed E-state index contributed by atoms with van der Waals surface area (Å²) in [6, 6.07) is 0. The van der Waals surface area contributed by atoms with Crippen LogP contribution in [0.5, 0.6) is 0 Å². The first-order valence-corrected chi connectivity index (χ1v) is 22.1. The van der Waals surface area contributed by atoms with Crippen molar-refractivity contribution >= 4 is 19.8 Å². The first-order valence-electron chi connectivity index (χ1n) is 20.6. The lowest BCUT2D eigenvalue weighted by Crippen LogP contribution is -2.29. The Bertz CT molecular complexity index is 1070. The van der Waals surface area contributed by atoms with Gasteiger partial charge in [0.2, 0.25) is 0 Å². The van der Waals surface area contributed by atoms with Gasteiger partial charge in [-0.15, -0.1) is 0 Å². The number of rotatable bonds is 37. The summed E-state index contributed by atoms with van der Waals surface area (Å²) in [5, 5.41) is 28.4. The molecule has 0 bridgehead atoms. The van der Waals surface area contributed by atoms with E-state index in [-0.39, 0.29) is 19.4 Å². The predicted octanol–water partition coefficient (Wildman–Crippen LogP) is 9.38. The van der Waals surface area contributed by atoms with E-state index >= 15 is 0 Å². The average Bonchev–Trinajstić information content (AvgIpc) is 3.14. The molecule has 0 aromatic heterocycles. The Morgan fingerprint density at radius 1 is 0.685 bits per heavy atom. The van der Waals surface area contributed by atoms with E-state index in [9.17, 15) is 29.3 Å². The molecule has 0 rings (SSSR count). The predicted molar refractivity (Wildman–Crippen MR) is 216 cm³/mol. The van der Waals surface area contributed by atoms with E-state index < -0.39 is 57.9 Å². The van der Waals surface area contributed by atoms with Crippen molar-refractivity contribution < 1.29 is 52.9 Å². The largest absolute Gasteiger partial charge is 0.472 e. The highest BCUT2D eigenvalue weighted by Crippen LogP contribution is 2.43. The first-order chi connectivity index (χ1) is 26.0. The molecule has 0 aromatic carbocycles. The molecule has 2 unspecified atom stereocenters. The molecule has 0 radical (unpaired) electrons. The Morgan fingerprint density at radius 2 is 1.30 bits per heavy atom. The average molecular weight is 787 g/mol. The number of phosphoric acid groups is 1. The van der Waals surface area contributed by atoms with Crippen molar-refractivity contribution in [2.75, 3.05) is 26.4 Å². The smallest absolute Gasteiger partial charge is 0.462 e. The van der Waals surface area contributed by atoms with Crippen LogP contribution < -0.4 is 0 Å². The molecule has 0 heterocycles. The molecular formula is C42H75O11P. The van der Waals surface area contributed by atoms with Gasteiger partial charge in [0.25, 0.3) is 0 Å². The van der Waals surface area contributed by atoms with Crippen LogP contribution in [-0.2, 0) is 32.7 Å². The highest BCUT2D eigenvalue weighted by molar-refractivity contribution is 7.47. The van der Waals surface area contributed by atoms with Crippen LogP contribution in [0.15, 0.2) is 48.6 Å². The summed E-state index contributed by atoms with van der Waals surface area (Å²) in [6.45, 7) is 4.47. The Morgan fingerprint density at radius 3 is 1.96 bits per heavy atom. The molecule has 0 aromatic rings. The number of ether oxygens (including phenoxy) is 2. The van der Waals surface area contributed by atoms with E-state index in [1.807, 2.05) is 18.2 Å². The van der Waals surface area contributed by atoms with Gasteiger partial charge in [-0.2, -0.15) is 0 Å². The number of unbranched alkanes of at least 4 members (excludes halogenated alkanes) is 13.